The summed E-state index contributed by atoms with van der Waals surface area (Å²) in [5, 5.41) is 0. The summed E-state index contributed by atoms with van der Waals surface area (Å²) in [6.45, 7) is 0.857. The van der Waals surface area contributed by atoms with Gasteiger partial charge in [-0.25, -0.2) is 4.98 Å². The van der Waals surface area contributed by atoms with Crippen molar-refractivity contribution in [3.8, 4) is 0 Å². The Hall–Kier alpha value is -0.900. The van der Waals surface area contributed by atoms with Crippen LogP contribution in [0.15, 0.2) is 22.9 Å². The van der Waals surface area contributed by atoms with E-state index in [1.165, 1.54) is 6.42 Å². The molecule has 0 spiro atoms. The Morgan fingerprint density at radius 3 is 3.13 bits per heavy atom. The maximum absolute atomic E-state index is 10.9. The summed E-state index contributed by atoms with van der Waals surface area (Å²) >= 11 is 3.43. The van der Waals surface area contributed by atoms with Crippen molar-refractivity contribution < 1.29 is 4.79 Å². The summed E-state index contributed by atoms with van der Waals surface area (Å²) < 4.78 is 0.851. The molecule has 1 aromatic heterocycles. The molecular formula is C11H13BrN2O. The van der Waals surface area contributed by atoms with E-state index in [-0.39, 0.29) is 6.04 Å². The number of halogens is 1. The Balaban J connectivity index is 2.28. The van der Waals surface area contributed by atoms with Crippen LogP contribution in [0.3, 0.4) is 0 Å². The summed E-state index contributed by atoms with van der Waals surface area (Å²) in [5.41, 5.74) is 1.12. The molecule has 0 N–H and O–H groups in total. The maximum atomic E-state index is 10.9. The Morgan fingerprint density at radius 2 is 2.40 bits per heavy atom. The minimum Gasteiger partial charge on any atom is -0.338 e. The predicted octanol–water partition coefficient (Wildman–Crippen LogP) is 2.53. The number of rotatable bonds is 2. The van der Waals surface area contributed by atoms with Crippen LogP contribution in [0.4, 0.5) is 0 Å². The monoisotopic (exact) mass is 268 g/mol. The molecule has 2 heterocycles. The minimum absolute atomic E-state index is 0.194. The van der Waals surface area contributed by atoms with Crippen molar-refractivity contribution in [1.29, 1.82) is 0 Å². The van der Waals surface area contributed by atoms with Gasteiger partial charge < -0.3 is 4.90 Å². The third kappa shape index (κ3) is 2.20. The van der Waals surface area contributed by atoms with Gasteiger partial charge in [0.2, 0.25) is 6.41 Å². The minimum atomic E-state index is 0.194. The number of hydrogen-bond donors (Lipinski definition) is 0. The van der Waals surface area contributed by atoms with Crippen molar-refractivity contribution in [2.45, 2.75) is 25.3 Å². The Morgan fingerprint density at radius 1 is 1.53 bits per heavy atom. The fourth-order valence-corrected chi connectivity index (χ4v) is 2.58. The van der Waals surface area contributed by atoms with E-state index < -0.39 is 0 Å². The lowest BCUT2D eigenvalue weighted by molar-refractivity contribution is -0.121. The zero-order valence-corrected chi connectivity index (χ0v) is 9.98. The first-order chi connectivity index (χ1) is 7.33. The molecule has 0 saturated carbocycles. The summed E-state index contributed by atoms with van der Waals surface area (Å²) in [5.74, 6) is 0. The molecule has 15 heavy (non-hydrogen) atoms. The van der Waals surface area contributed by atoms with Crippen LogP contribution in [-0.4, -0.2) is 22.8 Å². The van der Waals surface area contributed by atoms with Gasteiger partial charge in [-0.15, -0.1) is 0 Å². The van der Waals surface area contributed by atoms with Gasteiger partial charge in [-0.3, -0.25) is 4.79 Å². The van der Waals surface area contributed by atoms with Crippen LogP contribution in [0.5, 0.6) is 0 Å². The lowest BCUT2D eigenvalue weighted by atomic mass is 9.97. The molecule has 0 bridgehead atoms. The van der Waals surface area contributed by atoms with Gasteiger partial charge in [0.25, 0.3) is 0 Å². The van der Waals surface area contributed by atoms with E-state index in [9.17, 15) is 4.79 Å². The highest BCUT2D eigenvalue weighted by Gasteiger charge is 2.24. The van der Waals surface area contributed by atoms with Crippen LogP contribution < -0.4 is 0 Å². The summed E-state index contributed by atoms with van der Waals surface area (Å²) in [7, 11) is 0. The Kier molecular flexibility index (Phi) is 3.36. The lowest BCUT2D eigenvalue weighted by Crippen LogP contribution is -2.32. The number of likely N-dealkylation sites (tertiary alicyclic amines) is 1. The van der Waals surface area contributed by atoms with Crippen molar-refractivity contribution in [3.63, 3.8) is 0 Å². The van der Waals surface area contributed by atoms with E-state index in [4.69, 9.17) is 0 Å². The van der Waals surface area contributed by atoms with Gasteiger partial charge in [0.05, 0.1) is 6.04 Å². The van der Waals surface area contributed by atoms with Crippen LogP contribution in [0, 0.1) is 0 Å². The molecular weight excluding hydrogens is 256 g/mol. The third-order valence-electron chi connectivity index (χ3n) is 2.83. The molecule has 1 aromatic rings. The summed E-state index contributed by atoms with van der Waals surface area (Å²) in [4.78, 5) is 17.0. The number of carbonyl (C=O) groups is 1. The number of hydrogen-bond acceptors (Lipinski definition) is 2. The van der Waals surface area contributed by atoms with Crippen LogP contribution in [-0.2, 0) is 4.79 Å². The molecule has 4 heteroatoms. The average molecular weight is 269 g/mol. The van der Waals surface area contributed by atoms with Gasteiger partial charge in [-0.1, -0.05) is 6.07 Å². The highest BCUT2D eigenvalue weighted by atomic mass is 79.9. The largest absolute Gasteiger partial charge is 0.338 e. The molecule has 0 aliphatic carbocycles. The normalized spacial score (nSPS) is 21.4. The molecule has 1 fully saturated rings. The van der Waals surface area contributed by atoms with E-state index >= 15 is 0 Å². The number of pyridine rings is 1. The SMILES string of the molecule is O=CN1CCCC[C@@H]1c1cccnc1Br. The number of aromatic nitrogens is 1. The first kappa shape index (κ1) is 10.6. The number of piperidine rings is 1. The smallest absolute Gasteiger partial charge is 0.210 e. The quantitative estimate of drug-likeness (QED) is 0.610. The van der Waals surface area contributed by atoms with Crippen molar-refractivity contribution in [2.24, 2.45) is 0 Å². The standard InChI is InChI=1S/C11H13BrN2O/c12-11-9(4-3-6-13-11)10-5-1-2-7-14(10)8-15/h3-4,6,8,10H,1-2,5,7H2/t10-/m1/s1. The fraction of sp³-hybridized carbons (Fsp3) is 0.455. The molecule has 3 nitrogen and oxygen atoms in total. The molecule has 80 valence electrons. The van der Waals surface area contributed by atoms with Crippen LogP contribution in [0.1, 0.15) is 30.9 Å². The molecule has 1 saturated heterocycles. The van der Waals surface area contributed by atoms with Gasteiger partial charge in [0.1, 0.15) is 4.60 Å². The van der Waals surface area contributed by atoms with Crippen LogP contribution in [0.25, 0.3) is 0 Å². The first-order valence-electron chi connectivity index (χ1n) is 5.14. The average Bonchev–Trinajstić information content (AvgIpc) is 2.30. The molecule has 2 rings (SSSR count). The summed E-state index contributed by atoms with van der Waals surface area (Å²) in [6, 6.07) is 4.14. The van der Waals surface area contributed by atoms with Crippen LogP contribution in [0.2, 0.25) is 0 Å². The highest BCUT2D eigenvalue weighted by molar-refractivity contribution is 9.10. The second-order valence-electron chi connectivity index (χ2n) is 3.74. The fourth-order valence-electron chi connectivity index (χ4n) is 2.06. The second kappa shape index (κ2) is 4.75. The van der Waals surface area contributed by atoms with Gasteiger partial charge in [-0.05, 0) is 41.3 Å². The van der Waals surface area contributed by atoms with Gasteiger partial charge in [-0.2, -0.15) is 0 Å². The van der Waals surface area contributed by atoms with Gasteiger partial charge in [0.15, 0.2) is 0 Å². The lowest BCUT2D eigenvalue weighted by Gasteiger charge is -2.33. The molecule has 1 aliphatic rings. The second-order valence-corrected chi connectivity index (χ2v) is 4.49. The van der Waals surface area contributed by atoms with E-state index in [1.54, 1.807) is 6.20 Å². The van der Waals surface area contributed by atoms with E-state index in [0.29, 0.717) is 0 Å². The Bertz CT molecular complexity index is 356. The number of carbonyl (C=O) groups excluding carboxylic acids is 1. The van der Waals surface area contributed by atoms with Crippen molar-refractivity contribution in [1.82, 2.24) is 9.88 Å². The number of amides is 1. The van der Waals surface area contributed by atoms with Crippen LogP contribution >= 0.6 is 15.9 Å². The van der Waals surface area contributed by atoms with Crippen molar-refractivity contribution in [3.05, 3.63) is 28.5 Å². The molecule has 1 atom stereocenters. The predicted molar refractivity (Wildman–Crippen MR) is 61.3 cm³/mol. The van der Waals surface area contributed by atoms with E-state index in [0.717, 1.165) is 36.0 Å². The molecule has 1 amide bonds. The highest BCUT2D eigenvalue weighted by Crippen LogP contribution is 2.32. The molecule has 0 aromatic carbocycles. The molecule has 1 aliphatic heterocycles. The number of nitrogens with zero attached hydrogens (tertiary/aromatic N) is 2. The Labute approximate surface area is 97.6 Å². The zero-order chi connectivity index (χ0) is 10.7. The van der Waals surface area contributed by atoms with Gasteiger partial charge in [0, 0.05) is 18.3 Å². The van der Waals surface area contributed by atoms with Crippen molar-refractivity contribution >= 4 is 22.3 Å². The maximum Gasteiger partial charge on any atom is 0.210 e. The van der Waals surface area contributed by atoms with E-state index in [2.05, 4.69) is 20.9 Å². The first-order valence-corrected chi connectivity index (χ1v) is 5.93. The molecule has 0 unspecified atom stereocenters. The van der Waals surface area contributed by atoms with Crippen molar-refractivity contribution in [2.75, 3.05) is 6.54 Å². The third-order valence-corrected chi connectivity index (χ3v) is 3.49. The zero-order valence-electron chi connectivity index (χ0n) is 8.40. The van der Waals surface area contributed by atoms with Gasteiger partial charge >= 0.3 is 0 Å². The topological polar surface area (TPSA) is 33.2 Å². The van der Waals surface area contributed by atoms with E-state index in [1.807, 2.05) is 17.0 Å². The summed E-state index contributed by atoms with van der Waals surface area (Å²) in [6.07, 6.45) is 6.01. The molecule has 0 radical (unpaired) electrons.